The van der Waals surface area contributed by atoms with Crippen LogP contribution in [0.5, 0.6) is 0 Å². The van der Waals surface area contributed by atoms with Crippen LogP contribution < -0.4 is 5.32 Å². The molecule has 0 radical (unpaired) electrons. The van der Waals surface area contributed by atoms with Gasteiger partial charge in [-0.3, -0.25) is 0 Å². The van der Waals surface area contributed by atoms with Crippen LogP contribution in [0.2, 0.25) is 0 Å². The maximum absolute atomic E-state index is 5.48. The summed E-state index contributed by atoms with van der Waals surface area (Å²) in [6.07, 6.45) is 1.83. The molecule has 0 saturated carbocycles. The molecule has 0 aliphatic rings. The zero-order chi connectivity index (χ0) is 10.4. The summed E-state index contributed by atoms with van der Waals surface area (Å²) in [6.45, 7) is 8.57. The summed E-state index contributed by atoms with van der Waals surface area (Å²) < 4.78 is 5.48. The van der Waals surface area contributed by atoms with Crippen molar-refractivity contribution in [3.63, 3.8) is 0 Å². The Morgan fingerprint density at radius 1 is 1.57 bits per heavy atom. The summed E-state index contributed by atoms with van der Waals surface area (Å²) in [5, 5.41) is 6.51. The lowest BCUT2D eigenvalue weighted by atomic mass is 10.1. The Labute approximate surface area is 89.5 Å². The van der Waals surface area contributed by atoms with Crippen molar-refractivity contribution < 1.29 is 4.74 Å². The summed E-state index contributed by atoms with van der Waals surface area (Å²) >= 11 is 1.67. The first-order chi connectivity index (χ1) is 6.73. The number of nitrogens with zero attached hydrogens (tertiary/aromatic N) is 1. The van der Waals surface area contributed by atoms with Gasteiger partial charge in [-0.05, 0) is 20.4 Å². The fraction of sp³-hybridized carbons (Fsp3) is 0.700. The lowest BCUT2D eigenvalue weighted by Gasteiger charge is -2.27. The first kappa shape index (κ1) is 11.6. The summed E-state index contributed by atoms with van der Waals surface area (Å²) in [7, 11) is 0. The molecule has 0 bridgehead atoms. The molecule has 0 amide bonds. The Bertz CT molecular complexity index is 251. The Morgan fingerprint density at radius 2 is 2.36 bits per heavy atom. The second kappa shape index (κ2) is 5.44. The van der Waals surface area contributed by atoms with E-state index >= 15 is 0 Å². The van der Waals surface area contributed by atoms with Gasteiger partial charge >= 0.3 is 0 Å². The summed E-state index contributed by atoms with van der Waals surface area (Å²) in [4.78, 5) is 4.34. The van der Waals surface area contributed by atoms with Crippen molar-refractivity contribution in [2.45, 2.75) is 26.3 Å². The normalized spacial score (nSPS) is 15.4. The van der Waals surface area contributed by atoms with Crippen LogP contribution in [-0.4, -0.2) is 24.7 Å². The minimum Gasteiger partial charge on any atom is -0.379 e. The van der Waals surface area contributed by atoms with E-state index in [1.54, 1.807) is 11.3 Å². The number of rotatable bonds is 6. The third-order valence-corrected chi connectivity index (χ3v) is 3.10. The quantitative estimate of drug-likeness (QED) is 0.786. The van der Waals surface area contributed by atoms with Gasteiger partial charge in [0, 0.05) is 18.2 Å². The maximum atomic E-state index is 5.48. The number of hydrogen-bond donors (Lipinski definition) is 1. The molecular weight excluding hydrogens is 196 g/mol. The van der Waals surface area contributed by atoms with Crippen LogP contribution in [0.3, 0.4) is 0 Å². The average molecular weight is 214 g/mol. The second-order valence-corrected chi connectivity index (χ2v) is 4.23. The van der Waals surface area contributed by atoms with Crippen molar-refractivity contribution in [3.05, 3.63) is 16.6 Å². The van der Waals surface area contributed by atoms with Gasteiger partial charge in [-0.25, -0.2) is 4.98 Å². The molecule has 0 aromatic carbocycles. The van der Waals surface area contributed by atoms with E-state index in [1.807, 2.05) is 18.5 Å². The maximum Gasteiger partial charge on any atom is 0.115 e. The molecule has 0 fully saturated rings. The van der Waals surface area contributed by atoms with Crippen molar-refractivity contribution in [2.75, 3.05) is 19.8 Å². The fourth-order valence-electron chi connectivity index (χ4n) is 1.38. The van der Waals surface area contributed by atoms with Crippen molar-refractivity contribution in [3.8, 4) is 0 Å². The van der Waals surface area contributed by atoms with Gasteiger partial charge in [-0.1, -0.05) is 6.92 Å². The Morgan fingerprint density at radius 3 is 2.86 bits per heavy atom. The highest BCUT2D eigenvalue weighted by molar-refractivity contribution is 7.09. The molecule has 0 aliphatic carbocycles. The van der Waals surface area contributed by atoms with Crippen LogP contribution in [-0.2, 0) is 10.3 Å². The van der Waals surface area contributed by atoms with Crippen molar-refractivity contribution in [2.24, 2.45) is 0 Å². The molecule has 4 heteroatoms. The van der Waals surface area contributed by atoms with E-state index in [0.29, 0.717) is 6.61 Å². The first-order valence-electron chi connectivity index (χ1n) is 4.95. The molecule has 1 atom stereocenters. The third kappa shape index (κ3) is 2.77. The predicted molar refractivity (Wildman–Crippen MR) is 59.6 cm³/mol. The minimum absolute atomic E-state index is 0.140. The van der Waals surface area contributed by atoms with Gasteiger partial charge in [0.1, 0.15) is 5.01 Å². The van der Waals surface area contributed by atoms with Crippen molar-refractivity contribution in [1.29, 1.82) is 0 Å². The molecule has 1 aromatic rings. The Balaban J connectivity index is 2.70. The number of hydrogen-bond acceptors (Lipinski definition) is 4. The summed E-state index contributed by atoms with van der Waals surface area (Å²) in [6, 6.07) is 0. The molecular formula is C10H18N2OS. The molecule has 1 heterocycles. The molecule has 0 saturated heterocycles. The monoisotopic (exact) mass is 214 g/mol. The zero-order valence-corrected chi connectivity index (χ0v) is 9.86. The van der Waals surface area contributed by atoms with Crippen LogP contribution in [0.15, 0.2) is 11.6 Å². The van der Waals surface area contributed by atoms with E-state index in [-0.39, 0.29) is 5.54 Å². The third-order valence-electron chi connectivity index (χ3n) is 2.07. The molecule has 80 valence electrons. The largest absolute Gasteiger partial charge is 0.379 e. The van der Waals surface area contributed by atoms with Gasteiger partial charge in [-0.15, -0.1) is 11.3 Å². The number of likely N-dealkylation sites (N-methyl/N-ethyl adjacent to an activating group) is 1. The van der Waals surface area contributed by atoms with E-state index in [4.69, 9.17) is 4.74 Å². The van der Waals surface area contributed by atoms with Gasteiger partial charge in [-0.2, -0.15) is 0 Å². The van der Waals surface area contributed by atoms with Crippen LogP contribution in [0, 0.1) is 0 Å². The first-order valence-corrected chi connectivity index (χ1v) is 5.83. The predicted octanol–water partition coefficient (Wildman–Crippen LogP) is 2.00. The highest BCUT2D eigenvalue weighted by atomic mass is 32.1. The van der Waals surface area contributed by atoms with E-state index < -0.39 is 0 Å². The minimum atomic E-state index is -0.140. The lowest BCUT2D eigenvalue weighted by Crippen LogP contribution is -2.43. The van der Waals surface area contributed by atoms with E-state index in [1.165, 1.54) is 0 Å². The Hall–Kier alpha value is -0.450. The summed E-state index contributed by atoms with van der Waals surface area (Å²) in [5.41, 5.74) is -0.140. The molecule has 1 N–H and O–H groups in total. The van der Waals surface area contributed by atoms with Crippen molar-refractivity contribution in [1.82, 2.24) is 10.3 Å². The Kier molecular flexibility index (Phi) is 4.51. The fourth-order valence-corrected chi connectivity index (χ4v) is 2.14. The number of nitrogens with one attached hydrogen (secondary N) is 1. The average Bonchev–Trinajstić information content (AvgIpc) is 2.68. The molecule has 1 aromatic heterocycles. The van der Waals surface area contributed by atoms with E-state index in [0.717, 1.165) is 18.2 Å². The van der Waals surface area contributed by atoms with Gasteiger partial charge in [0.2, 0.25) is 0 Å². The number of thiazole rings is 1. The van der Waals surface area contributed by atoms with Crippen LogP contribution in [0.25, 0.3) is 0 Å². The molecule has 1 unspecified atom stereocenters. The second-order valence-electron chi connectivity index (χ2n) is 3.34. The number of aromatic nitrogens is 1. The molecule has 14 heavy (non-hydrogen) atoms. The SMILES string of the molecule is CCNC(C)(COCC)c1nccs1. The van der Waals surface area contributed by atoms with Gasteiger partial charge < -0.3 is 10.1 Å². The molecule has 0 aliphatic heterocycles. The van der Waals surface area contributed by atoms with E-state index in [2.05, 4.69) is 24.1 Å². The van der Waals surface area contributed by atoms with Crippen LogP contribution in [0.1, 0.15) is 25.8 Å². The number of ether oxygens (including phenoxy) is 1. The molecule has 1 rings (SSSR count). The standard InChI is InChI=1S/C10H18N2OS/c1-4-12-10(3,8-13-5-2)9-11-6-7-14-9/h6-7,12H,4-5,8H2,1-3H3. The van der Waals surface area contributed by atoms with Gasteiger partial charge in [0.15, 0.2) is 0 Å². The highest BCUT2D eigenvalue weighted by Crippen LogP contribution is 2.22. The van der Waals surface area contributed by atoms with Crippen molar-refractivity contribution >= 4 is 11.3 Å². The van der Waals surface area contributed by atoms with E-state index in [9.17, 15) is 0 Å². The smallest absolute Gasteiger partial charge is 0.115 e. The lowest BCUT2D eigenvalue weighted by molar-refractivity contribution is 0.0839. The highest BCUT2D eigenvalue weighted by Gasteiger charge is 2.28. The topological polar surface area (TPSA) is 34.1 Å². The summed E-state index contributed by atoms with van der Waals surface area (Å²) in [5.74, 6) is 0. The van der Waals surface area contributed by atoms with Crippen LogP contribution in [0.4, 0.5) is 0 Å². The van der Waals surface area contributed by atoms with Crippen LogP contribution >= 0.6 is 11.3 Å². The van der Waals surface area contributed by atoms with Gasteiger partial charge in [0.25, 0.3) is 0 Å². The van der Waals surface area contributed by atoms with Gasteiger partial charge in [0.05, 0.1) is 12.1 Å². The zero-order valence-electron chi connectivity index (χ0n) is 9.04. The molecule has 0 spiro atoms. The molecule has 3 nitrogen and oxygen atoms in total.